The van der Waals surface area contributed by atoms with Crippen molar-refractivity contribution in [1.82, 2.24) is 25.4 Å². The van der Waals surface area contributed by atoms with Crippen molar-refractivity contribution in [1.29, 1.82) is 0 Å². The Labute approximate surface area is 197 Å². The molecule has 34 heavy (non-hydrogen) atoms. The van der Waals surface area contributed by atoms with Crippen LogP contribution >= 0.6 is 0 Å². The van der Waals surface area contributed by atoms with Crippen LogP contribution in [-0.4, -0.2) is 63.6 Å². The maximum Gasteiger partial charge on any atom is 0.255 e. The molecule has 4 heterocycles. The fraction of sp³-hybridized carbons (Fsp3) is 0.400. The largest absolute Gasteiger partial charge is 0.352 e. The fourth-order valence-electron chi connectivity index (χ4n) is 5.10. The zero-order valence-electron chi connectivity index (χ0n) is 19.0. The van der Waals surface area contributed by atoms with Gasteiger partial charge in [-0.25, -0.2) is 0 Å². The first kappa shape index (κ1) is 22.2. The number of rotatable bonds is 5. The van der Waals surface area contributed by atoms with Crippen molar-refractivity contribution in [3.8, 4) is 11.3 Å². The summed E-state index contributed by atoms with van der Waals surface area (Å²) in [6, 6.07) is 9.28. The Morgan fingerprint density at radius 3 is 2.82 bits per heavy atom. The highest BCUT2D eigenvalue weighted by atomic mass is 16.2. The first-order chi connectivity index (χ1) is 16.4. The monoisotopic (exact) mass is 461 g/mol. The van der Waals surface area contributed by atoms with E-state index in [4.69, 9.17) is 0 Å². The molecule has 0 bridgehead atoms. The number of aromatic nitrogens is 1. The second-order valence-corrected chi connectivity index (χ2v) is 9.24. The molecule has 1 unspecified atom stereocenters. The smallest absolute Gasteiger partial charge is 0.255 e. The lowest BCUT2D eigenvalue weighted by molar-refractivity contribution is -0.137. The third kappa shape index (κ3) is 4.43. The predicted molar refractivity (Wildman–Crippen MR) is 123 cm³/mol. The van der Waals surface area contributed by atoms with Crippen LogP contribution in [-0.2, 0) is 27.5 Å². The molecule has 9 heteroatoms. The molecular formula is C25H27N5O4. The number of nitrogens with zero attached hydrogens (tertiary/aromatic N) is 3. The molecule has 2 aromatic rings. The Morgan fingerprint density at radius 2 is 2.03 bits per heavy atom. The summed E-state index contributed by atoms with van der Waals surface area (Å²) >= 11 is 0. The van der Waals surface area contributed by atoms with Crippen LogP contribution in [0.1, 0.15) is 47.7 Å². The van der Waals surface area contributed by atoms with Crippen LogP contribution in [0.4, 0.5) is 0 Å². The van der Waals surface area contributed by atoms with Gasteiger partial charge >= 0.3 is 0 Å². The zero-order chi connectivity index (χ0) is 23.8. The summed E-state index contributed by atoms with van der Waals surface area (Å²) in [6.45, 7) is 4.42. The molecule has 2 saturated heterocycles. The number of nitrogens with one attached hydrogen (secondary N) is 2. The Balaban J connectivity index is 1.30. The number of amides is 4. The van der Waals surface area contributed by atoms with Crippen LogP contribution in [0, 0.1) is 0 Å². The molecule has 176 valence electrons. The average Bonchev–Trinajstić information content (AvgIpc) is 3.37. The van der Waals surface area contributed by atoms with Gasteiger partial charge < -0.3 is 10.2 Å². The molecule has 2 atom stereocenters. The molecule has 1 aromatic carbocycles. The molecule has 2 fully saturated rings. The highest BCUT2D eigenvalue weighted by molar-refractivity contribution is 6.05. The lowest BCUT2D eigenvalue weighted by Gasteiger charge is -2.29. The van der Waals surface area contributed by atoms with E-state index < -0.39 is 11.9 Å². The molecular weight excluding hydrogens is 434 g/mol. The second-order valence-electron chi connectivity index (χ2n) is 9.24. The number of pyridine rings is 1. The van der Waals surface area contributed by atoms with Gasteiger partial charge in [-0.15, -0.1) is 0 Å². The van der Waals surface area contributed by atoms with E-state index in [0.717, 1.165) is 48.4 Å². The van der Waals surface area contributed by atoms with Gasteiger partial charge in [0.2, 0.25) is 17.7 Å². The number of hydrogen-bond donors (Lipinski definition) is 2. The summed E-state index contributed by atoms with van der Waals surface area (Å²) in [5.74, 6) is -0.877. The van der Waals surface area contributed by atoms with Gasteiger partial charge in [-0.2, -0.15) is 0 Å². The molecule has 0 spiro atoms. The number of imide groups is 1. The van der Waals surface area contributed by atoms with E-state index in [1.165, 1.54) is 0 Å². The quantitative estimate of drug-likeness (QED) is 0.648. The molecule has 0 aliphatic carbocycles. The summed E-state index contributed by atoms with van der Waals surface area (Å²) in [6.07, 6.45) is 3.32. The highest BCUT2D eigenvalue weighted by Crippen LogP contribution is 2.31. The highest BCUT2D eigenvalue weighted by Gasteiger charge is 2.39. The number of hydrogen-bond acceptors (Lipinski definition) is 6. The van der Waals surface area contributed by atoms with E-state index in [-0.39, 0.29) is 30.2 Å². The van der Waals surface area contributed by atoms with Gasteiger partial charge in [-0.1, -0.05) is 6.07 Å². The summed E-state index contributed by atoms with van der Waals surface area (Å²) < 4.78 is 0. The molecule has 0 radical (unpaired) electrons. The van der Waals surface area contributed by atoms with Gasteiger partial charge in [0.05, 0.1) is 5.69 Å². The first-order valence-electron chi connectivity index (χ1n) is 11.6. The van der Waals surface area contributed by atoms with E-state index in [1.54, 1.807) is 24.1 Å². The number of likely N-dealkylation sites (tertiary alicyclic amines) is 1. The Hall–Kier alpha value is -3.59. The number of carbonyl (C=O) groups is 4. The van der Waals surface area contributed by atoms with Gasteiger partial charge in [0.1, 0.15) is 6.04 Å². The van der Waals surface area contributed by atoms with Crippen molar-refractivity contribution < 1.29 is 19.2 Å². The minimum atomic E-state index is -0.621. The molecule has 3 aliphatic heterocycles. The lowest BCUT2D eigenvalue weighted by atomic mass is 10.0. The van der Waals surface area contributed by atoms with Crippen LogP contribution in [0.25, 0.3) is 11.3 Å². The van der Waals surface area contributed by atoms with Gasteiger partial charge in [-0.05, 0) is 48.2 Å². The van der Waals surface area contributed by atoms with Crippen molar-refractivity contribution in [2.75, 3.05) is 13.1 Å². The van der Waals surface area contributed by atoms with E-state index in [0.29, 0.717) is 18.5 Å². The number of piperidine rings is 1. The van der Waals surface area contributed by atoms with Crippen molar-refractivity contribution in [3.05, 3.63) is 53.2 Å². The minimum absolute atomic E-state index is 0.00399. The normalized spacial score (nSPS) is 22.6. The number of carbonyl (C=O) groups excluding carboxylic acids is 4. The molecule has 4 amide bonds. The van der Waals surface area contributed by atoms with Gasteiger partial charge in [-0.3, -0.25) is 34.4 Å². The Morgan fingerprint density at radius 1 is 1.18 bits per heavy atom. The molecule has 9 nitrogen and oxygen atoms in total. The third-order valence-corrected chi connectivity index (χ3v) is 6.73. The van der Waals surface area contributed by atoms with Crippen molar-refractivity contribution >= 4 is 23.6 Å². The van der Waals surface area contributed by atoms with Gasteiger partial charge in [0.25, 0.3) is 5.91 Å². The van der Waals surface area contributed by atoms with Crippen LogP contribution < -0.4 is 10.6 Å². The summed E-state index contributed by atoms with van der Waals surface area (Å²) in [7, 11) is 0. The molecule has 1 aromatic heterocycles. The molecule has 0 saturated carbocycles. The van der Waals surface area contributed by atoms with Crippen LogP contribution in [0.3, 0.4) is 0 Å². The molecule has 3 aliphatic rings. The van der Waals surface area contributed by atoms with Crippen molar-refractivity contribution in [3.63, 3.8) is 0 Å². The Kier molecular flexibility index (Phi) is 5.87. The average molecular weight is 462 g/mol. The van der Waals surface area contributed by atoms with Crippen molar-refractivity contribution in [2.24, 2.45) is 0 Å². The SMILES string of the molecule is CC(=O)N[C@H]1CCN(Cc2ccnc(-c3ccc4c(c3)CN(C3CCC(=O)NC3=O)C4=O)c2)C1. The van der Waals surface area contributed by atoms with Crippen LogP contribution in [0.2, 0.25) is 0 Å². The topological polar surface area (TPSA) is 112 Å². The third-order valence-electron chi connectivity index (χ3n) is 6.73. The summed E-state index contributed by atoms with van der Waals surface area (Å²) in [5, 5.41) is 5.32. The Bertz CT molecular complexity index is 1180. The van der Waals surface area contributed by atoms with E-state index in [2.05, 4.69) is 26.6 Å². The van der Waals surface area contributed by atoms with Gasteiger partial charge in [0, 0.05) is 62.9 Å². The minimum Gasteiger partial charge on any atom is -0.352 e. The standard InChI is InChI=1S/C25H27N5O4/c1-15(31)27-19-7-9-29(14-19)12-16-6-8-26-21(10-16)17-2-3-20-18(11-17)13-30(25(20)34)22-4-5-23(32)28-24(22)33/h2-3,6,8,10-11,19,22H,4-5,7,9,12-14H2,1H3,(H,27,31)(H,28,32,33)/t19-,22?/m0/s1. The maximum atomic E-state index is 12.9. The van der Waals surface area contributed by atoms with E-state index >= 15 is 0 Å². The molecule has 5 rings (SSSR count). The van der Waals surface area contributed by atoms with Crippen molar-refractivity contribution in [2.45, 2.75) is 51.4 Å². The number of benzene rings is 1. The number of fused-ring (bicyclic) bond motifs is 1. The fourth-order valence-corrected chi connectivity index (χ4v) is 5.10. The summed E-state index contributed by atoms with van der Waals surface area (Å²) in [5.41, 5.74) is 4.32. The predicted octanol–water partition coefficient (Wildman–Crippen LogP) is 1.22. The summed E-state index contributed by atoms with van der Waals surface area (Å²) in [4.78, 5) is 56.4. The van der Waals surface area contributed by atoms with Gasteiger partial charge in [0.15, 0.2) is 0 Å². The van der Waals surface area contributed by atoms with Crippen LogP contribution in [0.5, 0.6) is 0 Å². The first-order valence-corrected chi connectivity index (χ1v) is 11.6. The van der Waals surface area contributed by atoms with E-state index in [1.807, 2.05) is 18.2 Å². The zero-order valence-corrected chi connectivity index (χ0v) is 19.0. The second kappa shape index (κ2) is 8.98. The molecule has 2 N–H and O–H groups in total. The maximum absolute atomic E-state index is 12.9. The van der Waals surface area contributed by atoms with E-state index in [9.17, 15) is 19.2 Å². The lowest BCUT2D eigenvalue weighted by Crippen LogP contribution is -2.52. The van der Waals surface area contributed by atoms with Crippen LogP contribution in [0.15, 0.2) is 36.5 Å².